The van der Waals surface area contributed by atoms with Crippen LogP contribution in [0, 0.1) is 11.7 Å². The molecule has 0 radical (unpaired) electrons. The SMILES string of the molecule is COCc1nnc([C@@]23C[C@@H](C)C[C@@H](C2)N3C(=O)Nc2cc(-c3ncn(C)n3)c(Cl)cc2F)o1. The second kappa shape index (κ2) is 8.07. The predicted octanol–water partition coefficient (Wildman–Crippen LogP) is 3.74. The molecule has 0 spiro atoms. The topological polar surface area (TPSA) is 111 Å². The van der Waals surface area contributed by atoms with Crippen molar-refractivity contribution in [3.8, 4) is 11.4 Å². The number of benzene rings is 1. The van der Waals surface area contributed by atoms with Crippen molar-refractivity contribution in [2.24, 2.45) is 13.0 Å². The number of nitrogens with zero attached hydrogens (tertiary/aromatic N) is 6. The molecule has 2 amide bonds. The molecule has 2 fully saturated rings. The lowest BCUT2D eigenvalue weighted by atomic mass is 9.64. The molecule has 33 heavy (non-hydrogen) atoms. The van der Waals surface area contributed by atoms with E-state index < -0.39 is 17.4 Å². The zero-order valence-corrected chi connectivity index (χ0v) is 19.1. The zero-order valence-electron chi connectivity index (χ0n) is 18.4. The van der Waals surface area contributed by atoms with Gasteiger partial charge in [-0.15, -0.1) is 10.2 Å². The maximum atomic E-state index is 14.7. The van der Waals surface area contributed by atoms with Crippen molar-refractivity contribution in [1.29, 1.82) is 0 Å². The number of hydrogen-bond donors (Lipinski definition) is 1. The van der Waals surface area contributed by atoms with Gasteiger partial charge < -0.3 is 19.4 Å². The number of halogens is 2. The lowest BCUT2D eigenvalue weighted by molar-refractivity contribution is -0.110. The number of amides is 2. The monoisotopic (exact) mass is 475 g/mol. The first-order valence-electron chi connectivity index (χ1n) is 10.6. The molecule has 3 atom stereocenters. The molecule has 12 heteroatoms. The van der Waals surface area contributed by atoms with Gasteiger partial charge in [0.05, 0.1) is 10.7 Å². The van der Waals surface area contributed by atoms with Crippen LogP contribution in [0.3, 0.4) is 0 Å². The Hall–Kier alpha value is -3.05. The van der Waals surface area contributed by atoms with Crippen molar-refractivity contribution in [2.45, 2.75) is 44.4 Å². The molecule has 174 valence electrons. The van der Waals surface area contributed by atoms with Crippen molar-refractivity contribution in [1.82, 2.24) is 29.9 Å². The Morgan fingerprint density at radius 1 is 1.39 bits per heavy atom. The van der Waals surface area contributed by atoms with Crippen LogP contribution in [0.5, 0.6) is 0 Å². The molecule has 1 saturated heterocycles. The standard InChI is InChI=1S/C21H23ClFN7O3/c1-11-4-12-8-21(7-11,19-27-26-17(33-19)9-32-3)30(12)20(31)25-16-5-13(14(22)6-15(16)23)18-24-10-29(2)28-18/h5-6,10-12H,4,7-9H2,1-3H3,(H,25,31)/t11-,12-,21+/m0/s1. The molecule has 1 aliphatic heterocycles. The first-order valence-corrected chi connectivity index (χ1v) is 11.0. The van der Waals surface area contributed by atoms with Crippen LogP contribution in [0.25, 0.3) is 11.4 Å². The maximum Gasteiger partial charge on any atom is 0.323 e. The minimum Gasteiger partial charge on any atom is -0.420 e. The van der Waals surface area contributed by atoms with Gasteiger partial charge in [-0.05, 0) is 30.9 Å². The highest BCUT2D eigenvalue weighted by Gasteiger charge is 2.62. The van der Waals surface area contributed by atoms with E-state index in [0.29, 0.717) is 41.9 Å². The number of carbonyl (C=O) groups excluding carboxylic acids is 1. The molecule has 3 aromatic rings. The summed E-state index contributed by atoms with van der Waals surface area (Å²) in [5.74, 6) is 0.782. The third kappa shape index (κ3) is 3.65. The van der Waals surface area contributed by atoms with Gasteiger partial charge in [-0.1, -0.05) is 18.5 Å². The summed E-state index contributed by atoms with van der Waals surface area (Å²) in [5.41, 5.74) is -0.313. The van der Waals surface area contributed by atoms with Gasteiger partial charge in [0, 0.05) is 32.2 Å². The molecule has 3 heterocycles. The predicted molar refractivity (Wildman–Crippen MR) is 116 cm³/mol. The van der Waals surface area contributed by atoms with Crippen LogP contribution in [0.2, 0.25) is 5.02 Å². The van der Waals surface area contributed by atoms with E-state index in [1.807, 2.05) is 0 Å². The summed E-state index contributed by atoms with van der Waals surface area (Å²) in [5, 5.41) is 15.3. The summed E-state index contributed by atoms with van der Waals surface area (Å²) in [4.78, 5) is 19.2. The number of urea groups is 1. The van der Waals surface area contributed by atoms with E-state index in [1.165, 1.54) is 17.1 Å². The van der Waals surface area contributed by atoms with Gasteiger partial charge in [0.2, 0.25) is 11.8 Å². The molecule has 1 saturated carbocycles. The van der Waals surface area contributed by atoms with Crippen LogP contribution in [0.4, 0.5) is 14.9 Å². The van der Waals surface area contributed by atoms with Crippen molar-refractivity contribution in [3.63, 3.8) is 0 Å². The lowest BCUT2D eigenvalue weighted by Crippen LogP contribution is -2.70. The number of fused-ring (bicyclic) bond motifs is 2. The van der Waals surface area contributed by atoms with Gasteiger partial charge >= 0.3 is 6.03 Å². The Labute approximate surface area is 194 Å². The zero-order chi connectivity index (χ0) is 23.3. The number of aromatic nitrogens is 5. The highest BCUT2D eigenvalue weighted by Crippen LogP contribution is 2.55. The summed E-state index contributed by atoms with van der Waals surface area (Å²) in [6.07, 6.45) is 3.76. The van der Waals surface area contributed by atoms with Crippen LogP contribution in [-0.2, 0) is 23.9 Å². The number of ether oxygens (including phenoxy) is 1. The van der Waals surface area contributed by atoms with Gasteiger partial charge in [-0.25, -0.2) is 14.2 Å². The third-order valence-electron chi connectivity index (χ3n) is 6.25. The fraction of sp³-hybridized carbons (Fsp3) is 0.476. The first-order chi connectivity index (χ1) is 15.8. The molecule has 10 nitrogen and oxygen atoms in total. The van der Waals surface area contributed by atoms with E-state index in [4.69, 9.17) is 20.8 Å². The van der Waals surface area contributed by atoms with Gasteiger partial charge in [0.25, 0.3) is 0 Å². The van der Waals surface area contributed by atoms with E-state index in [1.54, 1.807) is 19.1 Å². The number of carbonyl (C=O) groups is 1. The van der Waals surface area contributed by atoms with Crippen LogP contribution in [0.1, 0.15) is 38.0 Å². The largest absolute Gasteiger partial charge is 0.420 e. The highest BCUT2D eigenvalue weighted by molar-refractivity contribution is 6.33. The number of anilines is 1. The van der Waals surface area contributed by atoms with Crippen LogP contribution in [0.15, 0.2) is 22.9 Å². The van der Waals surface area contributed by atoms with Crippen LogP contribution < -0.4 is 5.32 Å². The second-order valence-corrected chi connectivity index (χ2v) is 9.13. The average molecular weight is 476 g/mol. The number of rotatable bonds is 5. The van der Waals surface area contributed by atoms with Gasteiger partial charge in [0.1, 0.15) is 24.3 Å². The Bertz CT molecular complexity index is 1210. The van der Waals surface area contributed by atoms with Crippen LogP contribution >= 0.6 is 11.6 Å². The van der Waals surface area contributed by atoms with Gasteiger partial charge in [0.15, 0.2) is 5.82 Å². The molecule has 2 bridgehead atoms. The maximum absolute atomic E-state index is 14.7. The van der Waals surface area contributed by atoms with Crippen LogP contribution in [-0.4, -0.2) is 49.0 Å². The van der Waals surface area contributed by atoms with Gasteiger partial charge in [-0.2, -0.15) is 5.10 Å². The second-order valence-electron chi connectivity index (χ2n) is 8.72. The lowest BCUT2D eigenvalue weighted by Gasteiger charge is -2.61. The Kier molecular flexibility index (Phi) is 5.32. The smallest absolute Gasteiger partial charge is 0.323 e. The number of likely N-dealkylation sites (tertiary alicyclic amines) is 1. The van der Waals surface area contributed by atoms with E-state index in [0.717, 1.165) is 12.5 Å². The minimum atomic E-state index is -0.723. The molecular weight excluding hydrogens is 453 g/mol. The molecule has 1 N–H and O–H groups in total. The normalized spacial score (nSPS) is 24.0. The molecular formula is C21H23ClFN7O3. The molecule has 2 aromatic heterocycles. The number of nitrogens with one attached hydrogen (secondary N) is 1. The Morgan fingerprint density at radius 3 is 2.94 bits per heavy atom. The summed E-state index contributed by atoms with van der Waals surface area (Å²) in [6, 6.07) is 2.15. The number of aryl methyl sites for hydroxylation is 1. The van der Waals surface area contributed by atoms with E-state index in [9.17, 15) is 9.18 Å². The summed E-state index contributed by atoms with van der Waals surface area (Å²) in [6.45, 7) is 2.32. The van der Waals surface area contributed by atoms with Crippen molar-refractivity contribution in [2.75, 3.05) is 12.4 Å². The number of methoxy groups -OCH3 is 1. The summed E-state index contributed by atoms with van der Waals surface area (Å²) in [7, 11) is 3.26. The van der Waals surface area contributed by atoms with E-state index in [-0.39, 0.29) is 23.4 Å². The molecule has 5 rings (SSSR count). The minimum absolute atomic E-state index is 0.00110. The van der Waals surface area contributed by atoms with Gasteiger partial charge in [-0.3, -0.25) is 4.68 Å². The summed E-state index contributed by atoms with van der Waals surface area (Å²) < 4.78 is 27.1. The third-order valence-corrected chi connectivity index (χ3v) is 6.56. The summed E-state index contributed by atoms with van der Waals surface area (Å²) >= 11 is 6.22. The quantitative estimate of drug-likeness (QED) is 0.598. The molecule has 2 aliphatic rings. The number of hydrogen-bond acceptors (Lipinski definition) is 7. The molecule has 1 aliphatic carbocycles. The van der Waals surface area contributed by atoms with Crippen molar-refractivity contribution >= 4 is 23.3 Å². The average Bonchev–Trinajstić information content (AvgIpc) is 3.39. The fourth-order valence-electron chi connectivity index (χ4n) is 5.03. The van der Waals surface area contributed by atoms with E-state index >= 15 is 0 Å². The number of piperidine rings is 1. The van der Waals surface area contributed by atoms with Crippen molar-refractivity contribution < 1.29 is 18.3 Å². The molecule has 0 unspecified atom stereocenters. The van der Waals surface area contributed by atoms with Crippen molar-refractivity contribution in [3.05, 3.63) is 41.1 Å². The Morgan fingerprint density at radius 2 is 2.21 bits per heavy atom. The highest BCUT2D eigenvalue weighted by atomic mass is 35.5. The Balaban J connectivity index is 1.44. The van der Waals surface area contributed by atoms with E-state index in [2.05, 4.69) is 32.5 Å². The molecule has 1 aromatic carbocycles. The first kappa shape index (κ1) is 21.8. The fourth-order valence-corrected chi connectivity index (χ4v) is 5.26.